The van der Waals surface area contributed by atoms with Crippen molar-refractivity contribution in [2.45, 2.75) is 51.3 Å². The van der Waals surface area contributed by atoms with E-state index in [1.54, 1.807) is 30.8 Å². The number of amides is 1. The van der Waals surface area contributed by atoms with Gasteiger partial charge in [-0.3, -0.25) is 4.79 Å². The fourth-order valence-corrected chi connectivity index (χ4v) is 3.83. The van der Waals surface area contributed by atoms with Gasteiger partial charge in [0.2, 0.25) is 5.91 Å². The Morgan fingerprint density at radius 2 is 1.91 bits per heavy atom. The van der Waals surface area contributed by atoms with E-state index in [0.29, 0.717) is 11.3 Å². The van der Waals surface area contributed by atoms with Crippen molar-refractivity contribution in [3.63, 3.8) is 0 Å². The topological polar surface area (TPSA) is 63.2 Å². The van der Waals surface area contributed by atoms with E-state index >= 15 is 0 Å². The average molecular weight is 344 g/mol. The normalized spacial score (nSPS) is 12.2. The molecule has 1 aromatic carbocycles. The van der Waals surface area contributed by atoms with E-state index in [2.05, 4.69) is 4.72 Å². The van der Waals surface area contributed by atoms with Gasteiger partial charge in [0.25, 0.3) is 10.0 Å². The summed E-state index contributed by atoms with van der Waals surface area (Å²) in [5, 5.41) is 0. The molecule has 0 spiro atoms. The molecule has 0 heterocycles. The summed E-state index contributed by atoms with van der Waals surface area (Å²) in [6, 6.07) is 5.37. The van der Waals surface area contributed by atoms with Gasteiger partial charge >= 0.3 is 0 Å². The minimum absolute atomic E-state index is 0.153. The third kappa shape index (κ3) is 5.32. The van der Waals surface area contributed by atoms with E-state index in [1.807, 2.05) is 33.8 Å². The van der Waals surface area contributed by atoms with Crippen LogP contribution >= 0.6 is 11.8 Å². The van der Waals surface area contributed by atoms with E-state index in [-0.39, 0.29) is 16.7 Å². The fraction of sp³-hybridized carbons (Fsp3) is 0.562. The number of hydrogen-bond donors (Lipinski definition) is 1. The molecular weight excluding hydrogens is 318 g/mol. The van der Waals surface area contributed by atoms with Crippen molar-refractivity contribution in [3.8, 4) is 0 Å². The number of benzene rings is 1. The third-order valence-corrected chi connectivity index (χ3v) is 5.69. The molecule has 0 atom stereocenters. The van der Waals surface area contributed by atoms with Crippen LogP contribution in [0.3, 0.4) is 0 Å². The summed E-state index contributed by atoms with van der Waals surface area (Å²) >= 11 is 1.61. The number of sulfonamides is 1. The standard InChI is InChI=1S/C16H25NO3S2/c1-6-21-10-9-15(18)17-22(19,20)14-11-13(16(3,4)5)8-7-12(14)2/h7-8,11H,6,9-10H2,1-5H3,(H,17,18). The summed E-state index contributed by atoms with van der Waals surface area (Å²) in [5.41, 5.74) is 1.41. The lowest BCUT2D eigenvalue weighted by Gasteiger charge is -2.20. The first-order chi connectivity index (χ1) is 10.1. The highest BCUT2D eigenvalue weighted by Crippen LogP contribution is 2.26. The van der Waals surface area contributed by atoms with Crippen molar-refractivity contribution in [1.29, 1.82) is 0 Å². The molecule has 1 aromatic rings. The SMILES string of the molecule is CCSCCC(=O)NS(=O)(=O)c1cc(C(C)(C)C)ccc1C. The molecule has 124 valence electrons. The number of rotatable bonds is 6. The minimum atomic E-state index is -3.82. The van der Waals surface area contributed by atoms with Crippen molar-refractivity contribution < 1.29 is 13.2 Å². The molecule has 0 aliphatic carbocycles. The first kappa shape index (κ1) is 19.0. The summed E-state index contributed by atoms with van der Waals surface area (Å²) in [5.74, 6) is 1.08. The first-order valence-electron chi connectivity index (χ1n) is 7.32. The Labute approximate surface area is 138 Å². The van der Waals surface area contributed by atoms with Crippen LogP contribution in [0, 0.1) is 6.92 Å². The molecule has 0 saturated heterocycles. The molecule has 0 aromatic heterocycles. The van der Waals surface area contributed by atoms with E-state index < -0.39 is 15.9 Å². The van der Waals surface area contributed by atoms with Gasteiger partial charge in [-0.05, 0) is 35.3 Å². The highest BCUT2D eigenvalue weighted by molar-refractivity contribution is 7.99. The Kier molecular flexibility index (Phi) is 6.50. The molecule has 0 bridgehead atoms. The van der Waals surface area contributed by atoms with E-state index in [4.69, 9.17) is 0 Å². The molecule has 6 heteroatoms. The van der Waals surface area contributed by atoms with Gasteiger partial charge in [-0.1, -0.05) is 39.8 Å². The maximum atomic E-state index is 12.4. The monoisotopic (exact) mass is 343 g/mol. The number of thioether (sulfide) groups is 1. The second-order valence-corrected chi connectivity index (χ2v) is 9.25. The van der Waals surface area contributed by atoms with Crippen molar-refractivity contribution in [2.24, 2.45) is 0 Å². The number of carbonyl (C=O) groups is 1. The third-order valence-electron chi connectivity index (χ3n) is 3.27. The van der Waals surface area contributed by atoms with Crippen LogP contribution in [0.1, 0.15) is 45.2 Å². The molecule has 1 amide bonds. The van der Waals surface area contributed by atoms with Crippen LogP contribution < -0.4 is 4.72 Å². The molecule has 0 saturated carbocycles. The van der Waals surface area contributed by atoms with Crippen LogP contribution in [0.2, 0.25) is 0 Å². The van der Waals surface area contributed by atoms with Crippen molar-refractivity contribution >= 4 is 27.7 Å². The largest absolute Gasteiger partial charge is 0.274 e. The van der Waals surface area contributed by atoms with E-state index in [9.17, 15) is 13.2 Å². The molecule has 4 nitrogen and oxygen atoms in total. The van der Waals surface area contributed by atoms with E-state index in [1.165, 1.54) is 0 Å². The van der Waals surface area contributed by atoms with Crippen LogP contribution in [0.15, 0.2) is 23.1 Å². The van der Waals surface area contributed by atoms with Gasteiger partial charge in [-0.25, -0.2) is 13.1 Å². The molecule has 0 fully saturated rings. The minimum Gasteiger partial charge on any atom is -0.274 e. The quantitative estimate of drug-likeness (QED) is 0.806. The Bertz CT molecular complexity index is 631. The van der Waals surface area contributed by atoms with Crippen LogP contribution in [-0.4, -0.2) is 25.8 Å². The predicted octanol–water partition coefficient (Wildman–Crippen LogP) is 3.24. The highest BCUT2D eigenvalue weighted by Gasteiger charge is 2.23. The molecule has 0 aliphatic heterocycles. The van der Waals surface area contributed by atoms with Gasteiger partial charge in [0.1, 0.15) is 0 Å². The highest BCUT2D eigenvalue weighted by atomic mass is 32.2. The Morgan fingerprint density at radius 3 is 2.45 bits per heavy atom. The zero-order valence-electron chi connectivity index (χ0n) is 13.9. The lowest BCUT2D eigenvalue weighted by molar-refractivity contribution is -0.118. The van der Waals surface area contributed by atoms with Crippen LogP contribution in [-0.2, 0) is 20.2 Å². The summed E-state index contributed by atoms with van der Waals surface area (Å²) in [7, 11) is -3.82. The Balaban J connectivity index is 3.00. The lowest BCUT2D eigenvalue weighted by Crippen LogP contribution is -2.31. The molecule has 0 radical (unpaired) electrons. The molecule has 1 N–H and O–H groups in total. The molecule has 0 unspecified atom stereocenters. The predicted molar refractivity (Wildman–Crippen MR) is 92.8 cm³/mol. The van der Waals surface area contributed by atoms with Crippen LogP contribution in [0.25, 0.3) is 0 Å². The Morgan fingerprint density at radius 1 is 1.27 bits per heavy atom. The van der Waals surface area contributed by atoms with Crippen molar-refractivity contribution in [3.05, 3.63) is 29.3 Å². The van der Waals surface area contributed by atoms with Gasteiger partial charge in [0.05, 0.1) is 4.90 Å². The summed E-state index contributed by atoms with van der Waals surface area (Å²) in [6.45, 7) is 9.80. The van der Waals surface area contributed by atoms with Crippen LogP contribution in [0.5, 0.6) is 0 Å². The van der Waals surface area contributed by atoms with Gasteiger partial charge < -0.3 is 0 Å². The summed E-state index contributed by atoms with van der Waals surface area (Å²) in [6.07, 6.45) is 0.204. The van der Waals surface area contributed by atoms with Gasteiger partial charge in [0.15, 0.2) is 0 Å². The van der Waals surface area contributed by atoms with E-state index in [0.717, 1.165) is 11.3 Å². The molecule has 22 heavy (non-hydrogen) atoms. The molecule has 1 rings (SSSR count). The fourth-order valence-electron chi connectivity index (χ4n) is 1.92. The Hall–Kier alpha value is -1.01. The average Bonchev–Trinajstić information content (AvgIpc) is 2.37. The first-order valence-corrected chi connectivity index (χ1v) is 9.96. The lowest BCUT2D eigenvalue weighted by atomic mass is 9.87. The zero-order valence-corrected chi connectivity index (χ0v) is 15.5. The second kappa shape index (κ2) is 7.51. The summed E-state index contributed by atoms with van der Waals surface area (Å²) < 4.78 is 27.0. The molecule has 0 aliphatic rings. The maximum Gasteiger partial charge on any atom is 0.264 e. The second-order valence-electron chi connectivity index (χ2n) is 6.21. The van der Waals surface area contributed by atoms with Gasteiger partial charge in [-0.15, -0.1) is 0 Å². The number of carbonyl (C=O) groups excluding carboxylic acids is 1. The van der Waals surface area contributed by atoms with Crippen molar-refractivity contribution in [2.75, 3.05) is 11.5 Å². The molecular formula is C16H25NO3S2. The van der Waals surface area contributed by atoms with Crippen molar-refractivity contribution in [1.82, 2.24) is 4.72 Å². The maximum absolute atomic E-state index is 12.4. The van der Waals surface area contributed by atoms with Gasteiger partial charge in [0, 0.05) is 12.2 Å². The number of aryl methyl sites for hydroxylation is 1. The van der Waals surface area contributed by atoms with Crippen LogP contribution in [0.4, 0.5) is 0 Å². The number of nitrogens with one attached hydrogen (secondary N) is 1. The summed E-state index contributed by atoms with van der Waals surface area (Å²) in [4.78, 5) is 12.0. The van der Waals surface area contributed by atoms with Gasteiger partial charge in [-0.2, -0.15) is 11.8 Å². The smallest absolute Gasteiger partial charge is 0.264 e. The zero-order chi connectivity index (χ0) is 17.0. The number of hydrogen-bond acceptors (Lipinski definition) is 4.